The first-order valence-corrected chi connectivity index (χ1v) is 10.6. The van der Waals surface area contributed by atoms with Crippen LogP contribution in [0.15, 0.2) is 84.1 Å². The number of hydrogen-bond donors (Lipinski definition) is 2. The van der Waals surface area contributed by atoms with Crippen LogP contribution in [0.3, 0.4) is 0 Å². The van der Waals surface area contributed by atoms with Crippen LogP contribution in [-0.4, -0.2) is 29.7 Å². The molecule has 166 valence electrons. The average Bonchev–Trinajstić information content (AvgIpc) is 3.21. The first kappa shape index (κ1) is 20.6. The lowest BCUT2D eigenvalue weighted by Gasteiger charge is -2.31. The van der Waals surface area contributed by atoms with Crippen molar-refractivity contribution in [2.75, 3.05) is 24.9 Å². The van der Waals surface area contributed by atoms with Gasteiger partial charge in [0.1, 0.15) is 0 Å². The molecular weight excluding hydrogens is 416 g/mol. The Hall–Kier alpha value is -4.26. The van der Waals surface area contributed by atoms with Crippen LogP contribution in [0.1, 0.15) is 18.5 Å². The fourth-order valence-corrected chi connectivity index (χ4v) is 4.32. The van der Waals surface area contributed by atoms with E-state index in [4.69, 9.17) is 14.5 Å². The first-order valence-electron chi connectivity index (χ1n) is 10.6. The molecule has 0 radical (unpaired) electrons. The number of benzene rings is 3. The Kier molecular flexibility index (Phi) is 5.22. The molecule has 1 aliphatic heterocycles. The molecule has 33 heavy (non-hydrogen) atoms. The minimum atomic E-state index is -0.419. The molecule has 0 spiro atoms. The standard InChI is InChI=1S/C26H24N4O3/c1-16-23(25(31)28-18-9-5-4-6-10-18)24(17-13-14-21(32-2)22(15-17)33-3)30-20-12-8-7-11-19(20)29-26(30)27-16/h4-15,24H,1-3H3,(H,27,29)(H,28,31)/t24-/m1/s1. The molecule has 0 unspecified atom stereocenters. The normalized spacial score (nSPS) is 15.1. The van der Waals surface area contributed by atoms with E-state index >= 15 is 0 Å². The fourth-order valence-electron chi connectivity index (χ4n) is 4.32. The second-order valence-corrected chi connectivity index (χ2v) is 7.79. The molecule has 1 atom stereocenters. The number of ether oxygens (including phenoxy) is 2. The van der Waals surface area contributed by atoms with Crippen LogP contribution in [0.4, 0.5) is 11.6 Å². The second kappa shape index (κ2) is 8.35. The van der Waals surface area contributed by atoms with Gasteiger partial charge >= 0.3 is 0 Å². The largest absolute Gasteiger partial charge is 0.493 e. The topological polar surface area (TPSA) is 77.4 Å². The minimum Gasteiger partial charge on any atom is -0.493 e. The average molecular weight is 441 g/mol. The highest BCUT2D eigenvalue weighted by Crippen LogP contribution is 2.41. The summed E-state index contributed by atoms with van der Waals surface area (Å²) < 4.78 is 13.0. The zero-order valence-electron chi connectivity index (χ0n) is 18.6. The smallest absolute Gasteiger partial charge is 0.255 e. The van der Waals surface area contributed by atoms with E-state index in [9.17, 15) is 4.79 Å². The van der Waals surface area contributed by atoms with Gasteiger partial charge in [-0.2, -0.15) is 0 Å². The Morgan fingerprint density at radius 1 is 0.970 bits per heavy atom. The van der Waals surface area contributed by atoms with Crippen molar-refractivity contribution in [3.8, 4) is 11.5 Å². The van der Waals surface area contributed by atoms with Crippen molar-refractivity contribution in [1.82, 2.24) is 9.55 Å². The van der Waals surface area contributed by atoms with Gasteiger partial charge in [-0.3, -0.25) is 9.36 Å². The van der Waals surface area contributed by atoms with Gasteiger partial charge in [0.05, 0.1) is 36.9 Å². The number of allylic oxidation sites excluding steroid dienone is 1. The number of amides is 1. The number of carbonyl (C=O) groups is 1. The summed E-state index contributed by atoms with van der Waals surface area (Å²) in [4.78, 5) is 18.4. The molecule has 2 heterocycles. The summed E-state index contributed by atoms with van der Waals surface area (Å²) >= 11 is 0. The molecule has 0 fully saturated rings. The highest BCUT2D eigenvalue weighted by Gasteiger charge is 2.34. The molecule has 0 saturated heterocycles. The van der Waals surface area contributed by atoms with Gasteiger partial charge < -0.3 is 20.1 Å². The van der Waals surface area contributed by atoms with Crippen LogP contribution in [0.2, 0.25) is 0 Å². The zero-order valence-corrected chi connectivity index (χ0v) is 18.6. The SMILES string of the molecule is COc1ccc([C@@H]2C(C(=O)Nc3ccccc3)=C(C)Nc3nc4ccccc4n32)cc1OC. The minimum absolute atomic E-state index is 0.186. The molecule has 7 heteroatoms. The molecule has 7 nitrogen and oxygen atoms in total. The monoisotopic (exact) mass is 440 g/mol. The van der Waals surface area contributed by atoms with Crippen molar-refractivity contribution in [3.05, 3.63) is 89.6 Å². The number of nitrogens with one attached hydrogen (secondary N) is 2. The summed E-state index contributed by atoms with van der Waals surface area (Å²) in [5.41, 5.74) is 4.74. The van der Waals surface area contributed by atoms with Crippen molar-refractivity contribution in [3.63, 3.8) is 0 Å². The van der Waals surface area contributed by atoms with E-state index in [1.165, 1.54) is 0 Å². The Morgan fingerprint density at radius 2 is 1.70 bits per heavy atom. The van der Waals surface area contributed by atoms with E-state index in [-0.39, 0.29) is 5.91 Å². The molecule has 1 aliphatic rings. The van der Waals surface area contributed by atoms with Crippen LogP contribution in [-0.2, 0) is 4.79 Å². The number of methoxy groups -OCH3 is 2. The van der Waals surface area contributed by atoms with Gasteiger partial charge in [0, 0.05) is 11.4 Å². The fraction of sp³-hybridized carbons (Fsp3) is 0.154. The van der Waals surface area contributed by atoms with E-state index in [0.717, 1.165) is 28.0 Å². The number of nitrogens with zero attached hydrogens (tertiary/aromatic N) is 2. The van der Waals surface area contributed by atoms with Crippen molar-refractivity contribution < 1.29 is 14.3 Å². The van der Waals surface area contributed by atoms with E-state index in [1.54, 1.807) is 14.2 Å². The molecular formula is C26H24N4O3. The predicted molar refractivity (Wildman–Crippen MR) is 129 cm³/mol. The summed E-state index contributed by atoms with van der Waals surface area (Å²) in [7, 11) is 3.21. The maximum absolute atomic E-state index is 13.6. The molecule has 0 aliphatic carbocycles. The van der Waals surface area contributed by atoms with Crippen molar-refractivity contribution in [1.29, 1.82) is 0 Å². The maximum Gasteiger partial charge on any atom is 0.255 e. The van der Waals surface area contributed by atoms with Crippen LogP contribution >= 0.6 is 0 Å². The Balaban J connectivity index is 1.69. The van der Waals surface area contributed by atoms with E-state index < -0.39 is 6.04 Å². The Labute approximate surface area is 191 Å². The van der Waals surface area contributed by atoms with Gasteiger partial charge in [0.2, 0.25) is 5.95 Å². The predicted octanol–water partition coefficient (Wildman–Crippen LogP) is 4.98. The lowest BCUT2D eigenvalue weighted by molar-refractivity contribution is -0.113. The molecule has 0 bridgehead atoms. The lowest BCUT2D eigenvalue weighted by atomic mass is 9.94. The molecule has 0 saturated carbocycles. The van der Waals surface area contributed by atoms with Gasteiger partial charge in [-0.1, -0.05) is 36.4 Å². The van der Waals surface area contributed by atoms with E-state index in [2.05, 4.69) is 15.2 Å². The summed E-state index contributed by atoms with van der Waals surface area (Å²) in [6, 6.07) is 22.6. The van der Waals surface area contributed by atoms with E-state index in [1.807, 2.05) is 79.7 Å². The quantitative estimate of drug-likeness (QED) is 0.458. The zero-order chi connectivity index (χ0) is 22.9. The van der Waals surface area contributed by atoms with Gasteiger partial charge in [0.15, 0.2) is 11.5 Å². The third-order valence-corrected chi connectivity index (χ3v) is 5.83. The highest BCUT2D eigenvalue weighted by molar-refractivity contribution is 6.06. The molecule has 4 aromatic rings. The summed E-state index contributed by atoms with van der Waals surface area (Å²) in [5, 5.41) is 6.37. The maximum atomic E-state index is 13.6. The number of fused-ring (bicyclic) bond motifs is 3. The number of aromatic nitrogens is 2. The summed E-state index contributed by atoms with van der Waals surface area (Å²) in [5.74, 6) is 1.72. The van der Waals surface area contributed by atoms with E-state index in [0.29, 0.717) is 23.0 Å². The Morgan fingerprint density at radius 3 is 2.45 bits per heavy atom. The molecule has 1 aromatic heterocycles. The number of anilines is 2. The Bertz CT molecular complexity index is 1380. The third kappa shape index (κ3) is 3.57. The van der Waals surface area contributed by atoms with Crippen LogP contribution in [0.25, 0.3) is 11.0 Å². The first-order chi connectivity index (χ1) is 16.1. The number of para-hydroxylation sites is 3. The highest BCUT2D eigenvalue weighted by atomic mass is 16.5. The van der Waals surface area contributed by atoms with Crippen LogP contribution in [0.5, 0.6) is 11.5 Å². The van der Waals surface area contributed by atoms with Crippen LogP contribution < -0.4 is 20.1 Å². The third-order valence-electron chi connectivity index (χ3n) is 5.83. The van der Waals surface area contributed by atoms with Gasteiger partial charge in [-0.25, -0.2) is 4.98 Å². The molecule has 1 amide bonds. The van der Waals surface area contributed by atoms with Crippen molar-refractivity contribution in [2.24, 2.45) is 0 Å². The second-order valence-electron chi connectivity index (χ2n) is 7.79. The molecule has 2 N–H and O–H groups in total. The number of hydrogen-bond acceptors (Lipinski definition) is 5. The summed E-state index contributed by atoms with van der Waals surface area (Å²) in [6.45, 7) is 1.90. The van der Waals surface area contributed by atoms with Gasteiger partial charge in [-0.15, -0.1) is 0 Å². The summed E-state index contributed by atoms with van der Waals surface area (Å²) in [6.07, 6.45) is 0. The number of imidazole rings is 1. The number of carbonyl (C=O) groups excluding carboxylic acids is 1. The van der Waals surface area contributed by atoms with Gasteiger partial charge in [-0.05, 0) is 48.9 Å². The molecule has 5 rings (SSSR count). The lowest BCUT2D eigenvalue weighted by Crippen LogP contribution is -2.31. The van der Waals surface area contributed by atoms with Crippen LogP contribution in [0, 0.1) is 0 Å². The van der Waals surface area contributed by atoms with Crippen molar-refractivity contribution in [2.45, 2.75) is 13.0 Å². The van der Waals surface area contributed by atoms with Crippen molar-refractivity contribution >= 4 is 28.6 Å². The molecule has 3 aromatic carbocycles. The number of rotatable bonds is 5. The van der Waals surface area contributed by atoms with Gasteiger partial charge in [0.25, 0.3) is 5.91 Å².